The summed E-state index contributed by atoms with van der Waals surface area (Å²) in [5, 5.41) is -2.02. The highest BCUT2D eigenvalue weighted by Crippen LogP contribution is 2.05. The number of carbonyl (C=O) groups is 1. The molecule has 0 fully saturated rings. The molecule has 0 aliphatic heterocycles. The van der Waals surface area contributed by atoms with Crippen molar-refractivity contribution < 1.29 is 13.2 Å². The summed E-state index contributed by atoms with van der Waals surface area (Å²) in [6.45, 7) is 1.25. The minimum Gasteiger partial charge on any atom is -0.280 e. The van der Waals surface area contributed by atoms with E-state index < -0.39 is 20.3 Å². The lowest BCUT2D eigenvalue weighted by atomic mass is 10.5. The van der Waals surface area contributed by atoms with E-state index in [9.17, 15) is 13.2 Å². The van der Waals surface area contributed by atoms with Gasteiger partial charge in [-0.2, -0.15) is 0 Å². The first kappa shape index (κ1) is 11.2. The number of sulfone groups is 1. The molecule has 0 aliphatic rings. The molecule has 0 saturated carbocycles. The second-order valence-electron chi connectivity index (χ2n) is 2.00. The van der Waals surface area contributed by atoms with Crippen LogP contribution in [0.4, 0.5) is 0 Å². The van der Waals surface area contributed by atoms with Crippen LogP contribution >= 0.6 is 23.2 Å². The van der Waals surface area contributed by atoms with Gasteiger partial charge in [0.25, 0.3) is 0 Å². The van der Waals surface area contributed by atoms with Gasteiger partial charge in [-0.05, 0) is 18.5 Å². The van der Waals surface area contributed by atoms with E-state index in [2.05, 4.69) is 0 Å². The molecule has 0 N–H and O–H groups in total. The number of hydrogen-bond acceptors (Lipinski definition) is 3. The van der Waals surface area contributed by atoms with Gasteiger partial charge in [-0.25, -0.2) is 8.42 Å². The summed E-state index contributed by atoms with van der Waals surface area (Å²) in [5.41, 5.74) is 0. The van der Waals surface area contributed by atoms with E-state index in [0.717, 1.165) is 0 Å². The van der Waals surface area contributed by atoms with Gasteiger partial charge >= 0.3 is 0 Å². The van der Waals surface area contributed by atoms with Crippen LogP contribution in [0.3, 0.4) is 0 Å². The quantitative estimate of drug-likeness (QED) is 0.519. The van der Waals surface area contributed by atoms with E-state index in [1.807, 2.05) is 0 Å². The van der Waals surface area contributed by atoms with Gasteiger partial charge in [0.05, 0.1) is 5.75 Å². The van der Waals surface area contributed by atoms with Crippen LogP contribution in [0.5, 0.6) is 0 Å². The standard InChI is InChI=1S/C5H8Cl2O3S/c1-4(5(7)8)11(9,10)3-2-6/h4H,2-3H2,1H3. The van der Waals surface area contributed by atoms with Gasteiger partial charge in [-0.1, -0.05) is 0 Å². The number of hydrogen-bond donors (Lipinski definition) is 0. The van der Waals surface area contributed by atoms with E-state index in [-0.39, 0.29) is 11.6 Å². The van der Waals surface area contributed by atoms with Gasteiger partial charge in [-0.15, -0.1) is 11.6 Å². The van der Waals surface area contributed by atoms with Crippen molar-refractivity contribution in [3.63, 3.8) is 0 Å². The molecule has 0 bridgehead atoms. The number of alkyl halides is 1. The van der Waals surface area contributed by atoms with Crippen LogP contribution in [0, 0.1) is 0 Å². The van der Waals surface area contributed by atoms with E-state index in [4.69, 9.17) is 23.2 Å². The molecule has 0 heterocycles. The predicted octanol–water partition coefficient (Wildman–Crippen LogP) is 0.794. The Morgan fingerprint density at radius 3 is 2.27 bits per heavy atom. The SMILES string of the molecule is CC(C(=O)Cl)S(=O)(=O)CCCl. The van der Waals surface area contributed by atoms with E-state index in [1.165, 1.54) is 6.92 Å². The normalized spacial score (nSPS) is 14.5. The van der Waals surface area contributed by atoms with Crippen molar-refractivity contribution in [2.75, 3.05) is 11.6 Å². The molecule has 1 atom stereocenters. The zero-order valence-electron chi connectivity index (χ0n) is 5.88. The Bertz CT molecular complexity index is 234. The summed E-state index contributed by atoms with van der Waals surface area (Å²) >= 11 is 10.2. The van der Waals surface area contributed by atoms with Crippen molar-refractivity contribution in [3.8, 4) is 0 Å². The maximum atomic E-state index is 11.0. The van der Waals surface area contributed by atoms with Gasteiger partial charge in [0.15, 0.2) is 9.84 Å². The molecule has 66 valence electrons. The van der Waals surface area contributed by atoms with Crippen molar-refractivity contribution in [2.24, 2.45) is 0 Å². The Balaban J connectivity index is 4.44. The smallest absolute Gasteiger partial charge is 0.239 e. The molecule has 0 aromatic carbocycles. The minimum absolute atomic E-state index is 0.0170. The fourth-order valence-corrected chi connectivity index (χ4v) is 2.33. The molecule has 11 heavy (non-hydrogen) atoms. The predicted molar refractivity (Wildman–Crippen MR) is 44.8 cm³/mol. The third-order valence-electron chi connectivity index (χ3n) is 1.22. The van der Waals surface area contributed by atoms with Gasteiger partial charge in [0, 0.05) is 5.88 Å². The summed E-state index contributed by atoms with van der Waals surface area (Å²) in [4.78, 5) is 10.4. The Morgan fingerprint density at radius 2 is 2.00 bits per heavy atom. The van der Waals surface area contributed by atoms with Crippen LogP contribution < -0.4 is 0 Å². The molecular weight excluding hydrogens is 211 g/mol. The zero-order chi connectivity index (χ0) is 9.07. The maximum Gasteiger partial charge on any atom is 0.239 e. The molecule has 1 unspecified atom stereocenters. The molecule has 0 radical (unpaired) electrons. The van der Waals surface area contributed by atoms with Gasteiger partial charge in [-0.3, -0.25) is 4.79 Å². The van der Waals surface area contributed by atoms with Crippen molar-refractivity contribution in [2.45, 2.75) is 12.2 Å². The molecule has 0 rings (SSSR count). The van der Waals surface area contributed by atoms with Crippen LogP contribution in [-0.4, -0.2) is 30.5 Å². The van der Waals surface area contributed by atoms with Gasteiger partial charge in [0.1, 0.15) is 5.25 Å². The second-order valence-corrected chi connectivity index (χ2v) is 5.19. The fourth-order valence-electron chi connectivity index (χ4n) is 0.425. The molecule has 0 aliphatic carbocycles. The zero-order valence-corrected chi connectivity index (χ0v) is 8.21. The van der Waals surface area contributed by atoms with Crippen LogP contribution in [-0.2, 0) is 14.6 Å². The van der Waals surface area contributed by atoms with Crippen molar-refractivity contribution >= 4 is 38.3 Å². The number of halogens is 2. The average molecular weight is 219 g/mol. The third-order valence-corrected chi connectivity index (χ3v) is 4.15. The first-order valence-electron chi connectivity index (χ1n) is 2.88. The molecule has 0 spiro atoms. The van der Waals surface area contributed by atoms with E-state index in [1.54, 1.807) is 0 Å². The number of rotatable bonds is 4. The maximum absolute atomic E-state index is 11.0. The molecule has 3 nitrogen and oxygen atoms in total. The highest BCUT2D eigenvalue weighted by Gasteiger charge is 2.25. The largest absolute Gasteiger partial charge is 0.280 e. The highest BCUT2D eigenvalue weighted by molar-refractivity contribution is 7.93. The first-order chi connectivity index (χ1) is 4.91. The lowest BCUT2D eigenvalue weighted by Gasteiger charge is -2.05. The molecule has 0 saturated heterocycles. The monoisotopic (exact) mass is 218 g/mol. The van der Waals surface area contributed by atoms with E-state index >= 15 is 0 Å². The topological polar surface area (TPSA) is 51.2 Å². The van der Waals surface area contributed by atoms with Crippen LogP contribution in [0.15, 0.2) is 0 Å². The fraction of sp³-hybridized carbons (Fsp3) is 0.800. The summed E-state index contributed by atoms with van der Waals surface area (Å²) in [7, 11) is -3.42. The highest BCUT2D eigenvalue weighted by atomic mass is 35.5. The van der Waals surface area contributed by atoms with Crippen LogP contribution in [0.2, 0.25) is 0 Å². The number of carbonyl (C=O) groups excluding carboxylic acids is 1. The Kier molecular flexibility index (Phi) is 4.36. The summed E-state index contributed by atoms with van der Waals surface area (Å²) in [6.07, 6.45) is 0. The summed E-state index contributed by atoms with van der Waals surface area (Å²) < 4.78 is 22.0. The van der Waals surface area contributed by atoms with Gasteiger partial charge in [0.2, 0.25) is 5.24 Å². The van der Waals surface area contributed by atoms with E-state index in [0.29, 0.717) is 0 Å². The average Bonchev–Trinajstić information content (AvgIpc) is 1.86. The molecule has 0 aromatic heterocycles. The first-order valence-corrected chi connectivity index (χ1v) is 5.51. The van der Waals surface area contributed by atoms with Gasteiger partial charge < -0.3 is 0 Å². The molecule has 6 heteroatoms. The summed E-state index contributed by atoms with van der Waals surface area (Å²) in [5.74, 6) is -0.231. The molecule has 0 amide bonds. The lowest BCUT2D eigenvalue weighted by molar-refractivity contribution is -0.111. The Morgan fingerprint density at radius 1 is 1.55 bits per heavy atom. The third kappa shape index (κ3) is 3.40. The lowest BCUT2D eigenvalue weighted by Crippen LogP contribution is -2.26. The second kappa shape index (κ2) is 4.28. The van der Waals surface area contributed by atoms with Crippen molar-refractivity contribution in [1.82, 2.24) is 0 Å². The van der Waals surface area contributed by atoms with Crippen LogP contribution in [0.25, 0.3) is 0 Å². The van der Waals surface area contributed by atoms with Crippen LogP contribution in [0.1, 0.15) is 6.92 Å². The molecule has 0 aromatic rings. The molecular formula is C5H8Cl2O3S. The Labute approximate surface area is 75.6 Å². The minimum atomic E-state index is -3.42. The van der Waals surface area contributed by atoms with Crippen molar-refractivity contribution in [3.05, 3.63) is 0 Å². The Hall–Kier alpha value is 0.200. The van der Waals surface area contributed by atoms with Crippen molar-refractivity contribution in [1.29, 1.82) is 0 Å². The summed E-state index contributed by atoms with van der Waals surface area (Å²) in [6, 6.07) is 0.